The summed E-state index contributed by atoms with van der Waals surface area (Å²) < 4.78 is 89.3. The SMILES string of the molecule is CC(C)c1cc(-c2ccc(-c3ccccc3)cc2)cc(C(C)C)c1-n1c(-c2[c-]ccc3c2oc2cc(C#N)ccc23)nc2ccccc21.[2H]C([2H])([2H])c1cc(-c2cc(C([2H])([2H])[2H])c(C([2H])([2H])[2H])cn2)[c-]cc1F.[Ir]. The first-order chi connectivity index (χ1) is 34.6. The molecule has 7 heteroatoms. The molecule has 0 saturated carbocycles. The Morgan fingerprint density at radius 1 is 0.708 bits per heavy atom. The molecule has 0 amide bonds. The van der Waals surface area contributed by atoms with Gasteiger partial charge in [-0.25, -0.2) is 0 Å². The molecule has 0 fully saturated rings. The van der Waals surface area contributed by atoms with Crippen LogP contribution >= 0.6 is 0 Å². The fraction of sp³-hybridized carbons (Fsp3) is 0.155. The summed E-state index contributed by atoms with van der Waals surface area (Å²) >= 11 is 0. The molecule has 3 aromatic heterocycles. The van der Waals surface area contributed by atoms with E-state index in [0.717, 1.165) is 63.3 Å². The van der Waals surface area contributed by atoms with Crippen LogP contribution in [0.5, 0.6) is 0 Å². The molecule has 7 aromatic carbocycles. The summed E-state index contributed by atoms with van der Waals surface area (Å²) in [5, 5.41) is 11.5. The van der Waals surface area contributed by atoms with Crippen LogP contribution in [0, 0.1) is 49.8 Å². The molecular weight excluding hydrogens is 980 g/mol. The number of hydrogen-bond acceptors (Lipinski definition) is 4. The minimum Gasteiger partial charge on any atom is -0.500 e. The molecule has 3 heterocycles. The van der Waals surface area contributed by atoms with Crippen LogP contribution in [0.25, 0.3) is 83.6 Å². The molecule has 10 aromatic rings. The van der Waals surface area contributed by atoms with E-state index in [-0.39, 0.29) is 43.2 Å². The van der Waals surface area contributed by atoms with Gasteiger partial charge in [-0.1, -0.05) is 135 Å². The fourth-order valence-corrected chi connectivity index (χ4v) is 8.09. The second kappa shape index (κ2) is 18.6. The summed E-state index contributed by atoms with van der Waals surface area (Å²) in [7, 11) is 0. The second-order valence-corrected chi connectivity index (χ2v) is 16.3. The third-order valence-electron chi connectivity index (χ3n) is 11.4. The molecule has 5 nitrogen and oxygen atoms in total. The Bertz CT molecular complexity index is 3710. The average molecular weight is 1040 g/mol. The normalized spacial score (nSPS) is 13.8. The number of para-hydroxylation sites is 2. The van der Waals surface area contributed by atoms with Gasteiger partial charge in [-0.3, -0.25) is 9.37 Å². The van der Waals surface area contributed by atoms with Gasteiger partial charge in [0.1, 0.15) is 5.58 Å². The third-order valence-corrected chi connectivity index (χ3v) is 11.4. The predicted molar refractivity (Wildman–Crippen MR) is 259 cm³/mol. The van der Waals surface area contributed by atoms with Crippen LogP contribution in [0.3, 0.4) is 0 Å². The van der Waals surface area contributed by atoms with Crippen molar-refractivity contribution in [2.75, 3.05) is 0 Å². The van der Waals surface area contributed by atoms with E-state index in [1.807, 2.05) is 30.3 Å². The van der Waals surface area contributed by atoms with Gasteiger partial charge in [0.05, 0.1) is 34.1 Å². The Kier molecular flexibility index (Phi) is 9.87. The van der Waals surface area contributed by atoms with Crippen molar-refractivity contribution in [3.8, 4) is 56.7 Å². The van der Waals surface area contributed by atoms with E-state index in [2.05, 4.69) is 140 Å². The number of furan rings is 1. The van der Waals surface area contributed by atoms with Gasteiger partial charge in [-0.15, -0.1) is 42.0 Å². The van der Waals surface area contributed by atoms with Crippen LogP contribution in [-0.4, -0.2) is 14.5 Å². The van der Waals surface area contributed by atoms with E-state index >= 15 is 0 Å². The van der Waals surface area contributed by atoms with Gasteiger partial charge in [-0.2, -0.15) is 5.26 Å². The van der Waals surface area contributed by atoms with Crippen molar-refractivity contribution in [1.82, 2.24) is 14.5 Å². The van der Waals surface area contributed by atoms with Crippen LogP contribution in [0.4, 0.5) is 4.39 Å². The van der Waals surface area contributed by atoms with Crippen LogP contribution in [0.2, 0.25) is 0 Å². The maximum atomic E-state index is 13.7. The van der Waals surface area contributed by atoms with Crippen LogP contribution in [-0.2, 0) is 20.1 Å². The number of imidazole rings is 1. The van der Waals surface area contributed by atoms with Crippen molar-refractivity contribution < 1.29 is 41.2 Å². The summed E-state index contributed by atoms with van der Waals surface area (Å²) in [6, 6.07) is 53.1. The van der Waals surface area contributed by atoms with Gasteiger partial charge >= 0.3 is 0 Å². The monoisotopic (exact) mass is 1040 g/mol. The summed E-state index contributed by atoms with van der Waals surface area (Å²) in [6.45, 7) is 0.969. The fourth-order valence-electron chi connectivity index (χ4n) is 8.09. The molecule has 0 N–H and O–H groups in total. The zero-order valence-electron chi connectivity index (χ0n) is 44.9. The van der Waals surface area contributed by atoms with Gasteiger partial charge in [0, 0.05) is 55.5 Å². The number of benzene rings is 7. The van der Waals surface area contributed by atoms with E-state index < -0.39 is 43.1 Å². The molecule has 10 rings (SSSR count). The van der Waals surface area contributed by atoms with Crippen LogP contribution < -0.4 is 0 Å². The Labute approximate surface area is 406 Å². The average Bonchev–Trinajstić information content (AvgIpc) is 3.94. The van der Waals surface area contributed by atoms with Crippen molar-refractivity contribution in [1.29, 1.82) is 5.26 Å². The molecule has 0 spiro atoms. The number of aryl methyl sites for hydroxylation is 3. The topological polar surface area (TPSA) is 67.6 Å². The van der Waals surface area contributed by atoms with Crippen molar-refractivity contribution in [2.45, 2.75) is 60.1 Å². The molecule has 1 radical (unpaired) electrons. The second-order valence-electron chi connectivity index (χ2n) is 16.3. The maximum Gasteiger partial charge on any atom is 0.122 e. The molecule has 65 heavy (non-hydrogen) atoms. The maximum absolute atomic E-state index is 13.7. The number of aromatic nitrogens is 3. The molecule has 0 aliphatic rings. The van der Waals surface area contributed by atoms with Crippen LogP contribution in [0.1, 0.15) is 85.2 Å². The number of halogens is 1. The molecule has 0 atom stereocenters. The minimum atomic E-state index is -2.71. The quantitative estimate of drug-likeness (QED) is 0.149. The van der Waals surface area contributed by atoms with Crippen molar-refractivity contribution in [2.24, 2.45) is 0 Å². The number of rotatable bonds is 7. The molecule has 323 valence electrons. The Morgan fingerprint density at radius 2 is 1.38 bits per heavy atom. The number of nitrogens with zero attached hydrogens (tertiary/aromatic N) is 4. The zero-order valence-corrected chi connectivity index (χ0v) is 38.3. The van der Waals surface area contributed by atoms with Crippen molar-refractivity contribution in [3.63, 3.8) is 0 Å². The van der Waals surface area contributed by atoms with Gasteiger partial charge in [0.15, 0.2) is 0 Å². The molecule has 0 bridgehead atoms. The number of pyridine rings is 1. The smallest absolute Gasteiger partial charge is 0.122 e. The van der Waals surface area contributed by atoms with E-state index in [0.29, 0.717) is 16.7 Å². The van der Waals surface area contributed by atoms with Crippen LogP contribution in [0.15, 0.2) is 150 Å². The predicted octanol–water partition coefficient (Wildman–Crippen LogP) is 15.5. The Hall–Kier alpha value is -6.97. The first-order valence-electron chi connectivity index (χ1n) is 25.4. The van der Waals surface area contributed by atoms with Gasteiger partial charge in [0.25, 0.3) is 0 Å². The van der Waals surface area contributed by atoms with Gasteiger partial charge in [-0.05, 0) is 107 Å². The molecule has 0 unspecified atom stereocenters. The standard InChI is InChI=1S/C44H34N3O.C14H13FN.Ir/c1-27(2)37-24-33(32-20-18-31(19-21-32)30-11-6-5-7-12-30)25-38(28(3)4)42(37)47-40-16-9-8-15-39(40)46-44(47)36-14-10-13-35-34-22-17-29(26-45)23-41(34)48-43(35)36;1-9-7-14(16-8-11(9)3)12-4-5-13(15)10(2)6-12;/h5-13,15-25,27-28H,1-4H3;5-8H,1-3H3;/q2*-1;/i;1D3,2D3,3D3;. The van der Waals surface area contributed by atoms with Gasteiger partial charge < -0.3 is 14.0 Å². The molecule has 0 aliphatic heterocycles. The Morgan fingerprint density at radius 3 is 2.08 bits per heavy atom. The summed E-state index contributed by atoms with van der Waals surface area (Å²) in [5.41, 5.74) is 11.8. The van der Waals surface area contributed by atoms with Gasteiger partial charge in [0.2, 0.25) is 0 Å². The first kappa shape index (κ1) is 34.4. The summed E-state index contributed by atoms with van der Waals surface area (Å²) in [4.78, 5) is 9.15. The van der Waals surface area contributed by atoms with Crippen molar-refractivity contribution in [3.05, 3.63) is 197 Å². The van der Waals surface area contributed by atoms with Crippen molar-refractivity contribution >= 4 is 33.0 Å². The largest absolute Gasteiger partial charge is 0.500 e. The Balaban J connectivity index is 0.000000238. The molecular formula is C58H47FIrN4O-2. The van der Waals surface area contributed by atoms with E-state index in [9.17, 15) is 9.65 Å². The summed E-state index contributed by atoms with van der Waals surface area (Å²) in [6.07, 6.45) is 0.913. The van der Waals surface area contributed by atoms with E-state index in [1.165, 1.54) is 33.4 Å². The molecule has 0 saturated heterocycles. The third kappa shape index (κ3) is 8.68. The zero-order chi connectivity index (χ0) is 52.1. The number of fused-ring (bicyclic) bond motifs is 4. The summed E-state index contributed by atoms with van der Waals surface area (Å²) in [5.74, 6) is 0.292. The van der Waals surface area contributed by atoms with E-state index in [1.54, 1.807) is 6.07 Å². The number of hydrogen-bond donors (Lipinski definition) is 0. The molecule has 0 aliphatic carbocycles. The first-order valence-corrected chi connectivity index (χ1v) is 20.9. The van der Waals surface area contributed by atoms with E-state index in [4.69, 9.17) is 21.7 Å². The number of nitriles is 1. The minimum absolute atomic E-state index is 0.